The fraction of sp³-hybridized carbons (Fsp3) is 0.357. The normalized spacial score (nSPS) is 18.4. The van der Waals surface area contributed by atoms with Crippen molar-refractivity contribution in [2.75, 3.05) is 7.11 Å². The van der Waals surface area contributed by atoms with Gasteiger partial charge in [0, 0.05) is 18.0 Å². The van der Waals surface area contributed by atoms with E-state index in [-0.39, 0.29) is 6.04 Å². The average molecular weight is 244 g/mol. The maximum atomic E-state index is 5.94. The summed E-state index contributed by atoms with van der Waals surface area (Å²) in [6.07, 6.45) is 2.67. The molecule has 0 radical (unpaired) electrons. The number of nitrogens with zero attached hydrogens (tertiary/aromatic N) is 1. The summed E-state index contributed by atoms with van der Waals surface area (Å²) in [6.45, 7) is 0. The van der Waals surface area contributed by atoms with Crippen molar-refractivity contribution in [3.8, 4) is 17.2 Å². The van der Waals surface area contributed by atoms with E-state index < -0.39 is 0 Å². The number of benzene rings is 1. The molecule has 4 nitrogen and oxygen atoms in total. The second-order valence-corrected chi connectivity index (χ2v) is 4.62. The highest BCUT2D eigenvalue weighted by atomic mass is 16.5. The maximum absolute atomic E-state index is 5.94. The molecule has 4 heteroatoms. The first-order valence-corrected chi connectivity index (χ1v) is 6.15. The van der Waals surface area contributed by atoms with Gasteiger partial charge in [0.05, 0.1) is 12.8 Å². The van der Waals surface area contributed by atoms with E-state index in [9.17, 15) is 0 Å². The van der Waals surface area contributed by atoms with E-state index >= 15 is 0 Å². The van der Waals surface area contributed by atoms with E-state index in [0.717, 1.165) is 42.0 Å². The molecule has 1 aromatic carbocycles. The largest absolute Gasteiger partial charge is 0.497 e. The van der Waals surface area contributed by atoms with E-state index in [4.69, 9.17) is 14.9 Å². The molecular weight excluding hydrogens is 228 g/mol. The van der Waals surface area contributed by atoms with Gasteiger partial charge in [0.25, 0.3) is 0 Å². The standard InChI is InChI=1S/C14H16N2O2/c1-17-11-4-2-3-9(7-11)14-16-12-6-5-10(15)8-13(12)18-14/h2-4,7,10H,5-6,8,15H2,1H3. The topological polar surface area (TPSA) is 61.3 Å². The van der Waals surface area contributed by atoms with Gasteiger partial charge in [-0.05, 0) is 31.0 Å². The van der Waals surface area contributed by atoms with E-state index in [1.165, 1.54) is 0 Å². The van der Waals surface area contributed by atoms with Crippen LogP contribution in [0.2, 0.25) is 0 Å². The minimum Gasteiger partial charge on any atom is -0.497 e. The average Bonchev–Trinajstić information content (AvgIpc) is 2.81. The fourth-order valence-electron chi connectivity index (χ4n) is 2.28. The monoisotopic (exact) mass is 244 g/mol. The number of rotatable bonds is 2. The molecule has 0 spiro atoms. The predicted molar refractivity (Wildman–Crippen MR) is 68.5 cm³/mol. The van der Waals surface area contributed by atoms with Gasteiger partial charge in [0.2, 0.25) is 5.89 Å². The predicted octanol–water partition coefficient (Wildman–Crippen LogP) is 2.17. The van der Waals surface area contributed by atoms with E-state index in [1.54, 1.807) is 7.11 Å². The summed E-state index contributed by atoms with van der Waals surface area (Å²) in [6, 6.07) is 7.94. The lowest BCUT2D eigenvalue weighted by atomic mass is 9.98. The number of fused-ring (bicyclic) bond motifs is 1. The maximum Gasteiger partial charge on any atom is 0.226 e. The lowest BCUT2D eigenvalue weighted by molar-refractivity contribution is 0.414. The van der Waals surface area contributed by atoms with E-state index in [0.29, 0.717) is 5.89 Å². The van der Waals surface area contributed by atoms with Crippen molar-refractivity contribution in [3.63, 3.8) is 0 Å². The molecule has 3 rings (SSSR count). The van der Waals surface area contributed by atoms with Gasteiger partial charge in [-0.3, -0.25) is 0 Å². The quantitative estimate of drug-likeness (QED) is 0.879. The summed E-state index contributed by atoms with van der Waals surface area (Å²) < 4.78 is 11.0. The Balaban J connectivity index is 1.97. The number of hydrogen-bond acceptors (Lipinski definition) is 4. The van der Waals surface area contributed by atoms with Crippen molar-refractivity contribution < 1.29 is 9.15 Å². The van der Waals surface area contributed by atoms with Crippen LogP contribution in [0.1, 0.15) is 17.9 Å². The Kier molecular flexibility index (Phi) is 2.80. The molecule has 1 aromatic heterocycles. The third-order valence-electron chi connectivity index (χ3n) is 3.29. The molecule has 1 aliphatic rings. The van der Waals surface area contributed by atoms with Gasteiger partial charge in [-0.1, -0.05) is 6.07 Å². The molecule has 0 amide bonds. The molecule has 1 heterocycles. The molecule has 1 atom stereocenters. The third-order valence-corrected chi connectivity index (χ3v) is 3.29. The Morgan fingerprint density at radius 3 is 3.17 bits per heavy atom. The Hall–Kier alpha value is -1.81. The summed E-state index contributed by atoms with van der Waals surface area (Å²) in [4.78, 5) is 4.55. The molecule has 0 fully saturated rings. The molecule has 2 aromatic rings. The Morgan fingerprint density at radius 2 is 2.33 bits per heavy atom. The zero-order valence-electron chi connectivity index (χ0n) is 10.3. The highest BCUT2D eigenvalue weighted by Gasteiger charge is 2.22. The zero-order valence-corrected chi connectivity index (χ0v) is 10.3. The van der Waals surface area contributed by atoms with Crippen LogP contribution in [0.5, 0.6) is 5.75 Å². The van der Waals surface area contributed by atoms with Crippen LogP contribution in [0.25, 0.3) is 11.5 Å². The van der Waals surface area contributed by atoms with Crippen LogP contribution in [0.15, 0.2) is 28.7 Å². The first-order chi connectivity index (χ1) is 8.76. The molecule has 0 saturated carbocycles. The fourth-order valence-corrected chi connectivity index (χ4v) is 2.28. The van der Waals surface area contributed by atoms with Crippen molar-refractivity contribution in [1.82, 2.24) is 4.98 Å². The molecule has 94 valence electrons. The Labute approximate surface area is 106 Å². The molecule has 2 N–H and O–H groups in total. The summed E-state index contributed by atoms with van der Waals surface area (Å²) in [7, 11) is 1.65. The zero-order chi connectivity index (χ0) is 12.5. The van der Waals surface area contributed by atoms with Gasteiger partial charge >= 0.3 is 0 Å². The molecular formula is C14H16N2O2. The van der Waals surface area contributed by atoms with Gasteiger partial charge in [0.1, 0.15) is 11.5 Å². The third kappa shape index (κ3) is 1.99. The second kappa shape index (κ2) is 4.46. The molecule has 0 bridgehead atoms. The molecule has 1 unspecified atom stereocenters. The SMILES string of the molecule is COc1cccc(-c2nc3c(o2)CC(N)CC3)c1. The first kappa shape index (κ1) is 11.3. The van der Waals surface area contributed by atoms with Crippen LogP contribution in [-0.4, -0.2) is 18.1 Å². The van der Waals surface area contributed by atoms with Crippen LogP contribution in [0.3, 0.4) is 0 Å². The second-order valence-electron chi connectivity index (χ2n) is 4.62. The van der Waals surface area contributed by atoms with Crippen LogP contribution in [-0.2, 0) is 12.8 Å². The number of nitrogens with two attached hydrogens (primary N) is 1. The summed E-state index contributed by atoms with van der Waals surface area (Å²) in [5.41, 5.74) is 7.93. The highest BCUT2D eigenvalue weighted by Crippen LogP contribution is 2.28. The summed E-state index contributed by atoms with van der Waals surface area (Å²) >= 11 is 0. The van der Waals surface area contributed by atoms with Gasteiger partial charge < -0.3 is 14.9 Å². The molecule has 0 aliphatic heterocycles. The lowest BCUT2D eigenvalue weighted by Gasteiger charge is -2.14. The van der Waals surface area contributed by atoms with E-state index in [2.05, 4.69) is 4.98 Å². The number of methoxy groups -OCH3 is 1. The van der Waals surface area contributed by atoms with Crippen molar-refractivity contribution in [3.05, 3.63) is 35.7 Å². The summed E-state index contributed by atoms with van der Waals surface area (Å²) in [5, 5.41) is 0. The van der Waals surface area contributed by atoms with Crippen molar-refractivity contribution in [2.45, 2.75) is 25.3 Å². The molecule has 1 aliphatic carbocycles. The first-order valence-electron chi connectivity index (χ1n) is 6.15. The number of hydrogen-bond donors (Lipinski definition) is 1. The highest BCUT2D eigenvalue weighted by molar-refractivity contribution is 5.56. The van der Waals surface area contributed by atoms with Crippen LogP contribution < -0.4 is 10.5 Å². The van der Waals surface area contributed by atoms with Crippen LogP contribution in [0, 0.1) is 0 Å². The van der Waals surface area contributed by atoms with Crippen LogP contribution in [0.4, 0.5) is 0 Å². The number of oxazole rings is 1. The van der Waals surface area contributed by atoms with Gasteiger partial charge in [0.15, 0.2) is 0 Å². The summed E-state index contributed by atoms with van der Waals surface area (Å²) in [5.74, 6) is 2.40. The van der Waals surface area contributed by atoms with Crippen molar-refractivity contribution in [2.24, 2.45) is 5.73 Å². The smallest absolute Gasteiger partial charge is 0.226 e. The van der Waals surface area contributed by atoms with Crippen molar-refractivity contribution >= 4 is 0 Å². The number of aromatic nitrogens is 1. The van der Waals surface area contributed by atoms with Gasteiger partial charge in [-0.25, -0.2) is 4.98 Å². The number of ether oxygens (including phenoxy) is 1. The minimum atomic E-state index is 0.198. The Bertz CT molecular complexity index is 563. The molecule has 0 saturated heterocycles. The molecule has 18 heavy (non-hydrogen) atoms. The minimum absolute atomic E-state index is 0.198. The van der Waals surface area contributed by atoms with Crippen LogP contribution >= 0.6 is 0 Å². The Morgan fingerprint density at radius 1 is 1.44 bits per heavy atom. The van der Waals surface area contributed by atoms with Gasteiger partial charge in [-0.15, -0.1) is 0 Å². The van der Waals surface area contributed by atoms with Crippen molar-refractivity contribution in [1.29, 1.82) is 0 Å². The lowest BCUT2D eigenvalue weighted by Crippen LogP contribution is -2.27. The van der Waals surface area contributed by atoms with E-state index in [1.807, 2.05) is 24.3 Å². The van der Waals surface area contributed by atoms with Gasteiger partial charge in [-0.2, -0.15) is 0 Å². The number of aryl methyl sites for hydroxylation is 1.